The molecule has 1 amide bonds. The first-order chi connectivity index (χ1) is 11.4. The van der Waals surface area contributed by atoms with Crippen molar-refractivity contribution in [1.29, 1.82) is 0 Å². The van der Waals surface area contributed by atoms with Crippen molar-refractivity contribution in [2.45, 2.75) is 39.7 Å². The second-order valence-corrected chi connectivity index (χ2v) is 6.54. The highest BCUT2D eigenvalue weighted by Crippen LogP contribution is 2.26. The lowest BCUT2D eigenvalue weighted by atomic mass is 9.97. The number of hydrogen-bond acceptors (Lipinski definition) is 3. The van der Waals surface area contributed by atoms with Gasteiger partial charge in [-0.25, -0.2) is 4.79 Å². The SMILES string of the molecule is Cc1oc(C(C)C)cc1C(=O)N1CCc2ccc(C(=O)O)cc2C1. The maximum Gasteiger partial charge on any atom is 0.335 e. The van der Waals surface area contributed by atoms with Crippen molar-refractivity contribution < 1.29 is 19.1 Å². The van der Waals surface area contributed by atoms with Gasteiger partial charge in [0.2, 0.25) is 0 Å². The van der Waals surface area contributed by atoms with Gasteiger partial charge in [-0.3, -0.25) is 4.79 Å². The Bertz CT molecular complexity index is 804. The summed E-state index contributed by atoms with van der Waals surface area (Å²) < 4.78 is 5.68. The van der Waals surface area contributed by atoms with Crippen LogP contribution in [0.25, 0.3) is 0 Å². The lowest BCUT2D eigenvalue weighted by Crippen LogP contribution is -2.36. The van der Waals surface area contributed by atoms with Crippen LogP contribution in [0.2, 0.25) is 0 Å². The molecular formula is C19H21NO4. The highest BCUT2D eigenvalue weighted by Gasteiger charge is 2.26. The van der Waals surface area contributed by atoms with E-state index >= 15 is 0 Å². The van der Waals surface area contributed by atoms with Crippen LogP contribution >= 0.6 is 0 Å². The van der Waals surface area contributed by atoms with Crippen LogP contribution in [-0.4, -0.2) is 28.4 Å². The maximum atomic E-state index is 12.8. The van der Waals surface area contributed by atoms with Crippen molar-refractivity contribution >= 4 is 11.9 Å². The molecule has 1 aliphatic heterocycles. The topological polar surface area (TPSA) is 70.8 Å². The van der Waals surface area contributed by atoms with Crippen LogP contribution in [0.3, 0.4) is 0 Å². The molecule has 0 fully saturated rings. The summed E-state index contributed by atoms with van der Waals surface area (Å²) in [4.78, 5) is 25.7. The standard InChI is InChI=1S/C19H21NO4/c1-11(2)17-9-16(12(3)24-17)18(21)20-7-6-13-4-5-14(19(22)23)8-15(13)10-20/h4-5,8-9,11H,6-7,10H2,1-3H3,(H,22,23). The minimum absolute atomic E-state index is 0.0606. The van der Waals surface area contributed by atoms with Crippen LogP contribution in [0.4, 0.5) is 0 Å². The summed E-state index contributed by atoms with van der Waals surface area (Å²) in [6, 6.07) is 6.96. The van der Waals surface area contributed by atoms with E-state index in [0.717, 1.165) is 23.3 Å². The van der Waals surface area contributed by atoms with E-state index in [1.165, 1.54) is 0 Å². The van der Waals surface area contributed by atoms with E-state index in [2.05, 4.69) is 0 Å². The quantitative estimate of drug-likeness (QED) is 0.935. The Morgan fingerprint density at radius 3 is 2.58 bits per heavy atom. The minimum atomic E-state index is -0.950. The Morgan fingerprint density at radius 1 is 1.21 bits per heavy atom. The molecular weight excluding hydrogens is 306 g/mol. The molecule has 2 aromatic rings. The predicted octanol–water partition coefficient (Wildman–Crippen LogP) is 3.61. The molecule has 0 bridgehead atoms. The predicted molar refractivity (Wildman–Crippen MR) is 89.4 cm³/mol. The molecule has 1 aliphatic rings. The molecule has 3 rings (SSSR count). The summed E-state index contributed by atoms with van der Waals surface area (Å²) in [5, 5.41) is 9.14. The molecule has 5 nitrogen and oxygen atoms in total. The minimum Gasteiger partial charge on any atom is -0.478 e. The van der Waals surface area contributed by atoms with Crippen LogP contribution in [0.1, 0.15) is 63.1 Å². The van der Waals surface area contributed by atoms with Crippen LogP contribution in [0.15, 0.2) is 28.7 Å². The van der Waals surface area contributed by atoms with Gasteiger partial charge in [-0.15, -0.1) is 0 Å². The molecule has 1 aromatic heterocycles. The van der Waals surface area contributed by atoms with E-state index in [-0.39, 0.29) is 17.4 Å². The smallest absolute Gasteiger partial charge is 0.335 e. The largest absolute Gasteiger partial charge is 0.478 e. The van der Waals surface area contributed by atoms with Gasteiger partial charge in [0.25, 0.3) is 5.91 Å². The van der Waals surface area contributed by atoms with Crippen molar-refractivity contribution in [3.8, 4) is 0 Å². The van der Waals surface area contributed by atoms with E-state index in [0.29, 0.717) is 24.4 Å². The molecule has 2 heterocycles. The number of carbonyl (C=O) groups excluding carboxylic acids is 1. The normalized spacial score (nSPS) is 13.9. The second-order valence-electron chi connectivity index (χ2n) is 6.54. The zero-order valence-electron chi connectivity index (χ0n) is 14.1. The fourth-order valence-corrected chi connectivity index (χ4v) is 3.04. The third-order valence-electron chi connectivity index (χ3n) is 4.49. The van der Waals surface area contributed by atoms with Crippen LogP contribution in [0, 0.1) is 6.92 Å². The van der Waals surface area contributed by atoms with Gasteiger partial charge in [-0.05, 0) is 42.7 Å². The summed E-state index contributed by atoms with van der Waals surface area (Å²) in [6.45, 7) is 6.91. The average Bonchev–Trinajstić information content (AvgIpc) is 2.95. The first-order valence-electron chi connectivity index (χ1n) is 8.11. The van der Waals surface area contributed by atoms with Crippen molar-refractivity contribution in [2.24, 2.45) is 0 Å². The van der Waals surface area contributed by atoms with Gasteiger partial charge in [-0.1, -0.05) is 19.9 Å². The molecule has 24 heavy (non-hydrogen) atoms. The first kappa shape index (κ1) is 16.3. The third-order valence-corrected chi connectivity index (χ3v) is 4.49. The van der Waals surface area contributed by atoms with Crippen molar-refractivity contribution in [1.82, 2.24) is 4.90 Å². The van der Waals surface area contributed by atoms with Gasteiger partial charge < -0.3 is 14.4 Å². The van der Waals surface area contributed by atoms with Crippen molar-refractivity contribution in [3.05, 3.63) is 58.0 Å². The Hall–Kier alpha value is -2.56. The number of carboxylic acid groups (broad SMARTS) is 1. The lowest BCUT2D eigenvalue weighted by Gasteiger charge is -2.29. The molecule has 1 aromatic carbocycles. The number of fused-ring (bicyclic) bond motifs is 1. The summed E-state index contributed by atoms with van der Waals surface area (Å²) in [5.41, 5.74) is 2.86. The number of furan rings is 1. The van der Waals surface area contributed by atoms with E-state index in [1.807, 2.05) is 26.0 Å². The molecule has 0 aliphatic carbocycles. The number of hydrogen-bond donors (Lipinski definition) is 1. The fourth-order valence-electron chi connectivity index (χ4n) is 3.04. The molecule has 0 spiro atoms. The highest BCUT2D eigenvalue weighted by atomic mass is 16.4. The number of aryl methyl sites for hydroxylation is 1. The van der Waals surface area contributed by atoms with Crippen LogP contribution in [0.5, 0.6) is 0 Å². The maximum absolute atomic E-state index is 12.8. The van der Waals surface area contributed by atoms with Gasteiger partial charge in [0, 0.05) is 19.0 Å². The molecule has 126 valence electrons. The number of amides is 1. The summed E-state index contributed by atoms with van der Waals surface area (Å²) in [6.07, 6.45) is 0.731. The average molecular weight is 327 g/mol. The Labute approximate surface area is 140 Å². The Morgan fingerprint density at radius 2 is 1.96 bits per heavy atom. The van der Waals surface area contributed by atoms with Gasteiger partial charge in [0.05, 0.1) is 11.1 Å². The highest BCUT2D eigenvalue weighted by molar-refractivity contribution is 5.95. The molecule has 1 N–H and O–H groups in total. The number of carboxylic acids is 1. The van der Waals surface area contributed by atoms with Crippen molar-refractivity contribution in [2.75, 3.05) is 6.54 Å². The molecule has 0 saturated heterocycles. The van der Waals surface area contributed by atoms with Gasteiger partial charge in [0.15, 0.2) is 0 Å². The number of aromatic carboxylic acids is 1. The van der Waals surface area contributed by atoms with Gasteiger partial charge in [0.1, 0.15) is 11.5 Å². The van der Waals surface area contributed by atoms with Crippen LogP contribution < -0.4 is 0 Å². The monoisotopic (exact) mass is 327 g/mol. The molecule has 0 radical (unpaired) electrons. The lowest BCUT2D eigenvalue weighted by molar-refractivity contribution is 0.0696. The molecule has 0 atom stereocenters. The third kappa shape index (κ3) is 2.94. The van der Waals surface area contributed by atoms with Crippen molar-refractivity contribution in [3.63, 3.8) is 0 Å². The van der Waals surface area contributed by atoms with Gasteiger partial charge >= 0.3 is 5.97 Å². The fraction of sp³-hybridized carbons (Fsp3) is 0.368. The number of nitrogens with zero attached hydrogens (tertiary/aromatic N) is 1. The number of rotatable bonds is 3. The molecule has 0 unspecified atom stereocenters. The van der Waals surface area contributed by atoms with E-state index in [9.17, 15) is 9.59 Å². The number of benzene rings is 1. The van der Waals surface area contributed by atoms with E-state index in [1.54, 1.807) is 24.0 Å². The first-order valence-corrected chi connectivity index (χ1v) is 8.11. The summed E-state index contributed by atoms with van der Waals surface area (Å²) >= 11 is 0. The zero-order chi connectivity index (χ0) is 17.4. The zero-order valence-corrected chi connectivity index (χ0v) is 14.1. The van der Waals surface area contributed by atoms with Crippen LogP contribution in [-0.2, 0) is 13.0 Å². The summed E-state index contributed by atoms with van der Waals surface area (Å²) in [7, 11) is 0. The van der Waals surface area contributed by atoms with E-state index < -0.39 is 5.97 Å². The van der Waals surface area contributed by atoms with E-state index in [4.69, 9.17) is 9.52 Å². The molecule has 5 heteroatoms. The summed E-state index contributed by atoms with van der Waals surface area (Å²) in [5.74, 6) is 0.656. The Kier molecular flexibility index (Phi) is 4.18. The van der Waals surface area contributed by atoms with Gasteiger partial charge in [-0.2, -0.15) is 0 Å². The Balaban J connectivity index is 1.85. The number of carbonyl (C=O) groups is 2. The second kappa shape index (κ2) is 6.15. The molecule has 0 saturated carbocycles.